The molecule has 0 aromatic rings. The van der Waals surface area contributed by atoms with Crippen molar-refractivity contribution in [2.45, 2.75) is 44.8 Å². The first-order valence-electron chi connectivity index (χ1n) is 7.40. The maximum absolute atomic E-state index is 12.0. The molecular formula is C14H27N3O2. The van der Waals surface area contributed by atoms with Gasteiger partial charge >= 0.3 is 0 Å². The lowest BCUT2D eigenvalue weighted by molar-refractivity contribution is -0.133. The molecule has 2 fully saturated rings. The number of rotatable bonds is 6. The lowest BCUT2D eigenvalue weighted by Crippen LogP contribution is -2.52. The Balaban J connectivity index is 1.62. The molecule has 1 heterocycles. The number of hydrogen-bond donors (Lipinski definition) is 2. The van der Waals surface area contributed by atoms with Gasteiger partial charge in [-0.2, -0.15) is 0 Å². The maximum atomic E-state index is 12.0. The second-order valence-corrected chi connectivity index (χ2v) is 6.45. The summed E-state index contributed by atoms with van der Waals surface area (Å²) in [5.41, 5.74) is -0.652. The monoisotopic (exact) mass is 269 g/mol. The van der Waals surface area contributed by atoms with E-state index in [1.54, 1.807) is 0 Å². The molecule has 0 aromatic carbocycles. The van der Waals surface area contributed by atoms with Crippen LogP contribution in [0.1, 0.15) is 33.1 Å². The summed E-state index contributed by atoms with van der Waals surface area (Å²) in [4.78, 5) is 16.2. The average Bonchev–Trinajstić information content (AvgIpc) is 3.12. The lowest BCUT2D eigenvalue weighted by atomic mass is 10.1. The van der Waals surface area contributed by atoms with Crippen molar-refractivity contribution < 1.29 is 9.90 Å². The number of amides is 1. The first-order chi connectivity index (χ1) is 8.94. The summed E-state index contributed by atoms with van der Waals surface area (Å²) in [6, 6.07) is 0.677. The molecule has 1 saturated carbocycles. The largest absolute Gasteiger partial charge is 0.389 e. The smallest absolute Gasteiger partial charge is 0.223 e. The van der Waals surface area contributed by atoms with E-state index in [1.807, 2.05) is 18.7 Å². The van der Waals surface area contributed by atoms with E-state index in [4.69, 9.17) is 0 Å². The van der Waals surface area contributed by atoms with Crippen molar-refractivity contribution in [3.05, 3.63) is 0 Å². The minimum absolute atomic E-state index is 0.260. The number of carbonyl (C=O) groups is 1. The predicted molar refractivity (Wildman–Crippen MR) is 75.0 cm³/mol. The molecule has 1 amide bonds. The molecule has 1 aliphatic heterocycles. The van der Waals surface area contributed by atoms with Crippen molar-refractivity contribution >= 4 is 5.91 Å². The fourth-order valence-corrected chi connectivity index (χ4v) is 2.53. The van der Waals surface area contributed by atoms with Crippen LogP contribution in [0.25, 0.3) is 0 Å². The molecular weight excluding hydrogens is 242 g/mol. The van der Waals surface area contributed by atoms with Gasteiger partial charge in [-0.1, -0.05) is 0 Å². The lowest BCUT2D eigenvalue weighted by Gasteiger charge is -2.37. The van der Waals surface area contributed by atoms with Crippen LogP contribution in [0.15, 0.2) is 0 Å². The summed E-state index contributed by atoms with van der Waals surface area (Å²) in [5.74, 6) is 0.260. The van der Waals surface area contributed by atoms with Gasteiger partial charge < -0.3 is 15.3 Å². The van der Waals surface area contributed by atoms with Gasteiger partial charge in [-0.3, -0.25) is 9.69 Å². The minimum Gasteiger partial charge on any atom is -0.389 e. The van der Waals surface area contributed by atoms with Crippen LogP contribution in [0.3, 0.4) is 0 Å². The number of hydrogen-bond acceptors (Lipinski definition) is 4. The van der Waals surface area contributed by atoms with Crippen molar-refractivity contribution in [2.24, 2.45) is 0 Å². The van der Waals surface area contributed by atoms with E-state index < -0.39 is 5.60 Å². The number of aliphatic hydroxyl groups is 1. The molecule has 19 heavy (non-hydrogen) atoms. The highest BCUT2D eigenvalue weighted by Crippen LogP contribution is 2.18. The molecule has 0 unspecified atom stereocenters. The summed E-state index contributed by atoms with van der Waals surface area (Å²) in [6.07, 6.45) is 3.15. The van der Waals surface area contributed by atoms with Gasteiger partial charge in [0.05, 0.1) is 5.60 Å². The second-order valence-electron chi connectivity index (χ2n) is 6.45. The van der Waals surface area contributed by atoms with Crippen LogP contribution < -0.4 is 5.32 Å². The van der Waals surface area contributed by atoms with E-state index in [0.29, 0.717) is 19.0 Å². The van der Waals surface area contributed by atoms with Crippen molar-refractivity contribution in [1.29, 1.82) is 0 Å². The SMILES string of the molecule is CC(C)(O)CN1CCN(C(=O)CCNC2CC2)CC1. The summed E-state index contributed by atoms with van der Waals surface area (Å²) >= 11 is 0. The van der Waals surface area contributed by atoms with Gasteiger partial charge in [0.2, 0.25) is 5.91 Å². The van der Waals surface area contributed by atoms with Crippen LogP contribution in [0.5, 0.6) is 0 Å². The molecule has 5 nitrogen and oxygen atoms in total. The topological polar surface area (TPSA) is 55.8 Å². The molecule has 0 spiro atoms. The van der Waals surface area contributed by atoms with E-state index in [9.17, 15) is 9.90 Å². The quantitative estimate of drug-likeness (QED) is 0.715. The summed E-state index contributed by atoms with van der Waals surface area (Å²) in [5, 5.41) is 13.2. The normalized spacial score (nSPS) is 21.7. The molecule has 0 bridgehead atoms. The third-order valence-electron chi connectivity index (χ3n) is 3.68. The third kappa shape index (κ3) is 5.47. The Morgan fingerprint density at radius 2 is 1.89 bits per heavy atom. The van der Waals surface area contributed by atoms with Crippen LogP contribution in [-0.4, -0.2) is 71.7 Å². The van der Waals surface area contributed by atoms with Crippen LogP contribution in [-0.2, 0) is 4.79 Å². The van der Waals surface area contributed by atoms with Crippen LogP contribution in [0.4, 0.5) is 0 Å². The van der Waals surface area contributed by atoms with E-state index in [-0.39, 0.29) is 5.91 Å². The maximum Gasteiger partial charge on any atom is 0.223 e. The van der Waals surface area contributed by atoms with Crippen molar-refractivity contribution in [1.82, 2.24) is 15.1 Å². The van der Waals surface area contributed by atoms with Gasteiger partial charge in [0.25, 0.3) is 0 Å². The highest BCUT2D eigenvalue weighted by molar-refractivity contribution is 5.76. The molecule has 0 atom stereocenters. The fourth-order valence-electron chi connectivity index (χ4n) is 2.53. The Kier molecular flexibility index (Phi) is 4.81. The van der Waals surface area contributed by atoms with Gasteiger partial charge in [-0.25, -0.2) is 0 Å². The standard InChI is InChI=1S/C14H27N3O2/c1-14(2,19)11-16-7-9-17(10-8-16)13(18)5-6-15-12-3-4-12/h12,15,19H,3-11H2,1-2H3. The van der Waals surface area contributed by atoms with E-state index in [1.165, 1.54) is 12.8 Å². The van der Waals surface area contributed by atoms with Gasteiger partial charge in [-0.15, -0.1) is 0 Å². The molecule has 1 aliphatic carbocycles. The summed E-state index contributed by atoms with van der Waals surface area (Å²) in [6.45, 7) is 8.46. The summed E-state index contributed by atoms with van der Waals surface area (Å²) < 4.78 is 0. The van der Waals surface area contributed by atoms with Gasteiger partial charge in [0.1, 0.15) is 0 Å². The molecule has 0 radical (unpaired) electrons. The Bertz CT molecular complexity index is 302. The Labute approximate surface area is 115 Å². The van der Waals surface area contributed by atoms with Crippen molar-refractivity contribution in [2.75, 3.05) is 39.3 Å². The van der Waals surface area contributed by atoms with Gasteiger partial charge in [0, 0.05) is 51.7 Å². The number of nitrogens with zero attached hydrogens (tertiary/aromatic N) is 2. The van der Waals surface area contributed by atoms with Crippen molar-refractivity contribution in [3.8, 4) is 0 Å². The van der Waals surface area contributed by atoms with E-state index in [2.05, 4.69) is 10.2 Å². The third-order valence-corrected chi connectivity index (χ3v) is 3.68. The minimum atomic E-state index is -0.652. The number of piperazine rings is 1. The average molecular weight is 269 g/mol. The fraction of sp³-hybridized carbons (Fsp3) is 0.929. The van der Waals surface area contributed by atoms with Crippen LogP contribution in [0.2, 0.25) is 0 Å². The van der Waals surface area contributed by atoms with Gasteiger partial charge in [-0.05, 0) is 26.7 Å². The van der Waals surface area contributed by atoms with Gasteiger partial charge in [0.15, 0.2) is 0 Å². The highest BCUT2D eigenvalue weighted by Gasteiger charge is 2.25. The Morgan fingerprint density at radius 3 is 2.42 bits per heavy atom. The zero-order valence-corrected chi connectivity index (χ0v) is 12.2. The Hall–Kier alpha value is -0.650. The number of nitrogens with one attached hydrogen (secondary N) is 1. The molecule has 1 saturated heterocycles. The van der Waals surface area contributed by atoms with Crippen LogP contribution in [0, 0.1) is 0 Å². The first-order valence-corrected chi connectivity index (χ1v) is 7.40. The number of β-amino-alcohol motifs (C(OH)–C–C–N with tert-alkyl or cyclic N) is 1. The molecule has 110 valence electrons. The highest BCUT2D eigenvalue weighted by atomic mass is 16.3. The van der Waals surface area contributed by atoms with Crippen LogP contribution >= 0.6 is 0 Å². The second kappa shape index (κ2) is 6.20. The molecule has 2 N–H and O–H groups in total. The summed E-state index contributed by atoms with van der Waals surface area (Å²) in [7, 11) is 0. The van der Waals surface area contributed by atoms with E-state index >= 15 is 0 Å². The molecule has 0 aromatic heterocycles. The zero-order valence-electron chi connectivity index (χ0n) is 12.2. The molecule has 2 rings (SSSR count). The van der Waals surface area contributed by atoms with Crippen molar-refractivity contribution in [3.63, 3.8) is 0 Å². The molecule has 5 heteroatoms. The molecule has 2 aliphatic rings. The van der Waals surface area contributed by atoms with E-state index in [0.717, 1.165) is 32.7 Å². The zero-order chi connectivity index (χ0) is 13.9. The predicted octanol–water partition coefficient (Wildman–Crippen LogP) is 0.0436. The first kappa shape index (κ1) is 14.8. The number of carbonyl (C=O) groups excluding carboxylic acids is 1. The Morgan fingerprint density at radius 1 is 1.26 bits per heavy atom.